The zero-order valence-corrected chi connectivity index (χ0v) is 12.6. The van der Waals surface area contributed by atoms with Gasteiger partial charge < -0.3 is 14.7 Å². The van der Waals surface area contributed by atoms with Crippen LogP contribution in [0.15, 0.2) is 24.3 Å². The normalized spacial score (nSPS) is 23.5. The van der Waals surface area contributed by atoms with Gasteiger partial charge in [-0.15, -0.1) is 0 Å². The number of carboxylic acids is 1. The molecule has 1 aromatic carbocycles. The highest BCUT2D eigenvalue weighted by Gasteiger charge is 2.53. The van der Waals surface area contributed by atoms with E-state index in [1.54, 1.807) is 36.2 Å². The number of hydrogen-bond acceptors (Lipinski definition) is 3. The highest BCUT2D eigenvalue weighted by atomic mass is 16.5. The fourth-order valence-electron chi connectivity index (χ4n) is 2.46. The third kappa shape index (κ3) is 3.35. The second kappa shape index (κ2) is 5.76. The van der Waals surface area contributed by atoms with Gasteiger partial charge in [-0.1, -0.05) is 13.8 Å². The van der Waals surface area contributed by atoms with Crippen molar-refractivity contribution in [2.24, 2.45) is 11.3 Å². The molecule has 1 saturated carbocycles. The van der Waals surface area contributed by atoms with Gasteiger partial charge in [0.15, 0.2) is 6.61 Å². The molecule has 0 radical (unpaired) electrons. The monoisotopic (exact) mass is 291 g/mol. The lowest BCUT2D eigenvalue weighted by Crippen LogP contribution is -2.29. The van der Waals surface area contributed by atoms with E-state index < -0.39 is 5.97 Å². The number of rotatable bonds is 6. The Labute approximate surface area is 124 Å². The number of carboxylic acid groups (broad SMARTS) is 1. The van der Waals surface area contributed by atoms with Gasteiger partial charge in [0.1, 0.15) is 5.75 Å². The predicted octanol–water partition coefficient (Wildman–Crippen LogP) is 2.55. The standard InChI is InChI=1S/C16H21NO4/c1-4-16(2)9-13(16)15(20)17(3)11-5-7-12(8-6-11)21-10-14(18)19/h5-8,13H,4,9-10H2,1-3H3,(H,18,19). The molecule has 1 aliphatic rings. The number of carbonyl (C=O) groups excluding carboxylic acids is 1. The first-order valence-corrected chi connectivity index (χ1v) is 7.09. The number of carbonyl (C=O) groups is 2. The zero-order chi connectivity index (χ0) is 15.6. The number of benzene rings is 1. The molecule has 21 heavy (non-hydrogen) atoms. The Kier molecular flexibility index (Phi) is 4.21. The van der Waals surface area contributed by atoms with Crippen molar-refractivity contribution in [3.8, 4) is 5.75 Å². The first-order chi connectivity index (χ1) is 9.87. The third-order valence-electron chi connectivity index (χ3n) is 4.37. The first kappa shape index (κ1) is 15.4. The molecule has 1 N–H and O–H groups in total. The Morgan fingerprint density at radius 1 is 1.38 bits per heavy atom. The predicted molar refractivity (Wildman–Crippen MR) is 79.5 cm³/mol. The Morgan fingerprint density at radius 2 is 2.00 bits per heavy atom. The van der Waals surface area contributed by atoms with E-state index in [0.29, 0.717) is 5.75 Å². The molecule has 1 aromatic rings. The molecule has 2 rings (SSSR count). The summed E-state index contributed by atoms with van der Waals surface area (Å²) in [6, 6.07) is 6.88. The lowest BCUT2D eigenvalue weighted by atomic mass is 10.0. The second-order valence-corrected chi connectivity index (χ2v) is 5.84. The maximum Gasteiger partial charge on any atom is 0.341 e. The lowest BCUT2D eigenvalue weighted by molar-refractivity contribution is -0.139. The summed E-state index contributed by atoms with van der Waals surface area (Å²) in [5.74, 6) is -0.292. The van der Waals surface area contributed by atoms with Crippen LogP contribution in [-0.4, -0.2) is 30.6 Å². The van der Waals surface area contributed by atoms with E-state index in [4.69, 9.17) is 9.84 Å². The molecule has 2 unspecified atom stereocenters. The molecule has 2 atom stereocenters. The Morgan fingerprint density at radius 3 is 2.48 bits per heavy atom. The smallest absolute Gasteiger partial charge is 0.341 e. The highest BCUT2D eigenvalue weighted by molar-refractivity contribution is 5.96. The van der Waals surface area contributed by atoms with E-state index in [1.807, 2.05) is 0 Å². The molecular weight excluding hydrogens is 270 g/mol. The Hall–Kier alpha value is -2.04. The van der Waals surface area contributed by atoms with Crippen LogP contribution in [0, 0.1) is 11.3 Å². The van der Waals surface area contributed by atoms with Crippen molar-refractivity contribution in [2.45, 2.75) is 26.7 Å². The SMILES string of the molecule is CCC1(C)CC1C(=O)N(C)c1ccc(OCC(=O)O)cc1. The third-order valence-corrected chi connectivity index (χ3v) is 4.37. The number of aliphatic carboxylic acids is 1. The van der Waals surface area contributed by atoms with Gasteiger partial charge in [-0.2, -0.15) is 0 Å². The number of amides is 1. The summed E-state index contributed by atoms with van der Waals surface area (Å²) in [5.41, 5.74) is 0.934. The van der Waals surface area contributed by atoms with Crippen LogP contribution in [0.25, 0.3) is 0 Å². The van der Waals surface area contributed by atoms with E-state index in [1.165, 1.54) is 0 Å². The van der Waals surface area contributed by atoms with Gasteiger partial charge in [-0.25, -0.2) is 4.79 Å². The van der Waals surface area contributed by atoms with Crippen molar-refractivity contribution in [1.82, 2.24) is 0 Å². The second-order valence-electron chi connectivity index (χ2n) is 5.84. The zero-order valence-electron chi connectivity index (χ0n) is 12.6. The van der Waals surface area contributed by atoms with E-state index in [9.17, 15) is 9.59 Å². The maximum absolute atomic E-state index is 12.4. The molecule has 0 saturated heterocycles. The lowest BCUT2D eigenvalue weighted by Gasteiger charge is -2.19. The topological polar surface area (TPSA) is 66.8 Å². The summed E-state index contributed by atoms with van der Waals surface area (Å²) in [5, 5.41) is 8.55. The summed E-state index contributed by atoms with van der Waals surface area (Å²) < 4.78 is 5.07. The summed E-state index contributed by atoms with van der Waals surface area (Å²) >= 11 is 0. The minimum absolute atomic E-state index is 0.107. The van der Waals surface area contributed by atoms with Crippen LogP contribution in [0.3, 0.4) is 0 Å². The maximum atomic E-state index is 12.4. The fraction of sp³-hybridized carbons (Fsp3) is 0.500. The van der Waals surface area contributed by atoms with Crippen LogP contribution in [-0.2, 0) is 9.59 Å². The van der Waals surface area contributed by atoms with Gasteiger partial charge in [0.05, 0.1) is 0 Å². The number of ether oxygens (including phenoxy) is 1. The van der Waals surface area contributed by atoms with Crippen molar-refractivity contribution in [1.29, 1.82) is 0 Å². The summed E-state index contributed by atoms with van der Waals surface area (Å²) in [4.78, 5) is 24.5. The molecule has 0 heterocycles. The van der Waals surface area contributed by atoms with E-state index >= 15 is 0 Å². The van der Waals surface area contributed by atoms with Crippen molar-refractivity contribution >= 4 is 17.6 Å². The molecule has 0 bridgehead atoms. The van der Waals surface area contributed by atoms with Crippen LogP contribution in [0.2, 0.25) is 0 Å². The van der Waals surface area contributed by atoms with Crippen molar-refractivity contribution in [3.63, 3.8) is 0 Å². The van der Waals surface area contributed by atoms with Crippen LogP contribution < -0.4 is 9.64 Å². The molecule has 5 heteroatoms. The molecular formula is C16H21NO4. The van der Waals surface area contributed by atoms with Crippen molar-refractivity contribution < 1.29 is 19.4 Å². The molecule has 1 amide bonds. The van der Waals surface area contributed by atoms with E-state index in [0.717, 1.165) is 18.5 Å². The Balaban J connectivity index is 1.98. The van der Waals surface area contributed by atoms with E-state index in [2.05, 4.69) is 13.8 Å². The fourth-order valence-corrected chi connectivity index (χ4v) is 2.46. The molecule has 0 aromatic heterocycles. The van der Waals surface area contributed by atoms with Gasteiger partial charge in [0, 0.05) is 18.7 Å². The highest BCUT2D eigenvalue weighted by Crippen LogP contribution is 2.55. The molecule has 5 nitrogen and oxygen atoms in total. The van der Waals surface area contributed by atoms with Gasteiger partial charge in [-0.05, 0) is 42.5 Å². The average molecular weight is 291 g/mol. The summed E-state index contributed by atoms with van der Waals surface area (Å²) in [6.45, 7) is 3.89. The van der Waals surface area contributed by atoms with Gasteiger partial charge >= 0.3 is 5.97 Å². The summed E-state index contributed by atoms with van der Waals surface area (Å²) in [6.07, 6.45) is 1.96. The number of hydrogen-bond donors (Lipinski definition) is 1. The molecule has 0 spiro atoms. The number of anilines is 1. The minimum atomic E-state index is -1.01. The molecule has 0 aliphatic heterocycles. The van der Waals surface area contributed by atoms with E-state index in [-0.39, 0.29) is 23.8 Å². The van der Waals surface area contributed by atoms with Crippen LogP contribution in [0.5, 0.6) is 5.75 Å². The van der Waals surface area contributed by atoms with Crippen molar-refractivity contribution in [2.75, 3.05) is 18.6 Å². The van der Waals surface area contributed by atoms with Crippen molar-refractivity contribution in [3.05, 3.63) is 24.3 Å². The summed E-state index contributed by atoms with van der Waals surface area (Å²) in [7, 11) is 1.77. The van der Waals surface area contributed by atoms with Crippen LogP contribution in [0.4, 0.5) is 5.69 Å². The van der Waals surface area contributed by atoms with Crippen LogP contribution in [0.1, 0.15) is 26.7 Å². The van der Waals surface area contributed by atoms with Gasteiger partial charge in [-0.3, -0.25) is 4.79 Å². The molecule has 1 fully saturated rings. The van der Waals surface area contributed by atoms with Crippen LogP contribution >= 0.6 is 0 Å². The average Bonchev–Trinajstić information content (AvgIpc) is 3.17. The molecule has 1 aliphatic carbocycles. The first-order valence-electron chi connectivity index (χ1n) is 7.09. The molecule has 114 valence electrons. The quantitative estimate of drug-likeness (QED) is 0.874. The van der Waals surface area contributed by atoms with Gasteiger partial charge in [0.25, 0.3) is 0 Å². The minimum Gasteiger partial charge on any atom is -0.482 e. The number of nitrogens with zero attached hydrogens (tertiary/aromatic N) is 1. The largest absolute Gasteiger partial charge is 0.482 e. The van der Waals surface area contributed by atoms with Gasteiger partial charge in [0.2, 0.25) is 5.91 Å². The Bertz CT molecular complexity index is 540.